The number of imide groups is 2. The zero-order valence-electron chi connectivity index (χ0n) is 16.9. The molecule has 0 aliphatic heterocycles. The highest BCUT2D eigenvalue weighted by Crippen LogP contribution is 2.34. The molecule has 0 spiro atoms. The van der Waals surface area contributed by atoms with Gasteiger partial charge in [0.15, 0.2) is 0 Å². The molecule has 9 nitrogen and oxygen atoms in total. The van der Waals surface area contributed by atoms with Gasteiger partial charge >= 0.3 is 12.1 Å². The Kier molecular flexibility index (Phi) is 8.60. The average molecular weight is 403 g/mol. The van der Waals surface area contributed by atoms with Crippen LogP contribution in [0.15, 0.2) is 30.3 Å². The molecule has 0 atom stereocenters. The van der Waals surface area contributed by atoms with E-state index in [4.69, 9.17) is 0 Å². The first-order chi connectivity index (χ1) is 13.9. The first-order valence-electron chi connectivity index (χ1n) is 9.75. The Balaban J connectivity index is 2.00. The lowest BCUT2D eigenvalue weighted by atomic mass is 9.81. The summed E-state index contributed by atoms with van der Waals surface area (Å²) >= 11 is 0. The van der Waals surface area contributed by atoms with Crippen LogP contribution in [0.25, 0.3) is 0 Å². The third-order valence-electron chi connectivity index (χ3n) is 5.14. The highest BCUT2D eigenvalue weighted by Gasteiger charge is 2.29. The maximum absolute atomic E-state index is 12.2. The topological polar surface area (TPSA) is 120 Å². The van der Waals surface area contributed by atoms with E-state index in [1.807, 2.05) is 18.2 Å². The van der Waals surface area contributed by atoms with E-state index < -0.39 is 23.9 Å². The summed E-state index contributed by atoms with van der Waals surface area (Å²) in [5.41, 5.74) is 1.30. The molecule has 4 N–H and O–H groups in total. The van der Waals surface area contributed by atoms with Crippen molar-refractivity contribution in [1.29, 1.82) is 0 Å². The number of benzene rings is 1. The van der Waals surface area contributed by atoms with E-state index >= 15 is 0 Å². The average Bonchev–Trinajstić information content (AvgIpc) is 2.73. The summed E-state index contributed by atoms with van der Waals surface area (Å²) in [7, 11) is 2.84. The maximum atomic E-state index is 12.2. The predicted molar refractivity (Wildman–Crippen MR) is 108 cm³/mol. The van der Waals surface area contributed by atoms with Gasteiger partial charge in [-0.25, -0.2) is 9.59 Å². The first kappa shape index (κ1) is 22.4. The maximum Gasteiger partial charge on any atom is 0.321 e. The van der Waals surface area contributed by atoms with Crippen LogP contribution in [0.5, 0.6) is 0 Å². The van der Waals surface area contributed by atoms with Crippen molar-refractivity contribution in [3.8, 4) is 0 Å². The van der Waals surface area contributed by atoms with Crippen molar-refractivity contribution in [2.75, 3.05) is 27.2 Å². The summed E-state index contributed by atoms with van der Waals surface area (Å²) < 4.78 is 0. The van der Waals surface area contributed by atoms with Gasteiger partial charge in [-0.3, -0.25) is 25.1 Å². The van der Waals surface area contributed by atoms with Crippen molar-refractivity contribution in [2.24, 2.45) is 0 Å². The Morgan fingerprint density at radius 3 is 1.76 bits per heavy atom. The lowest BCUT2D eigenvalue weighted by Crippen LogP contribution is -2.51. The third kappa shape index (κ3) is 7.19. The van der Waals surface area contributed by atoms with Crippen molar-refractivity contribution in [3.05, 3.63) is 35.9 Å². The number of urea groups is 2. The van der Waals surface area contributed by atoms with E-state index in [0.717, 1.165) is 25.7 Å². The standard InChI is InChI=1S/C20H29N5O4/c1-21-19(28)23-17(26)12-25(13-18(27)24-20(29)22-2)16-10-8-15(9-11-16)14-6-4-3-5-7-14/h3-7,15-16H,8-13H2,1-2H3,(H2,21,23,26,28)(H2,22,24,27,29). The van der Waals surface area contributed by atoms with Crippen LogP contribution in [0.3, 0.4) is 0 Å². The fourth-order valence-corrected chi connectivity index (χ4v) is 3.64. The van der Waals surface area contributed by atoms with Gasteiger partial charge in [0, 0.05) is 20.1 Å². The first-order valence-corrected chi connectivity index (χ1v) is 9.75. The van der Waals surface area contributed by atoms with Crippen LogP contribution in [0, 0.1) is 0 Å². The van der Waals surface area contributed by atoms with Gasteiger partial charge in [0.1, 0.15) is 0 Å². The van der Waals surface area contributed by atoms with Gasteiger partial charge in [0.05, 0.1) is 13.1 Å². The van der Waals surface area contributed by atoms with Gasteiger partial charge in [0.25, 0.3) is 0 Å². The fourth-order valence-electron chi connectivity index (χ4n) is 3.64. The van der Waals surface area contributed by atoms with E-state index in [1.54, 1.807) is 4.90 Å². The molecule has 1 aliphatic rings. The number of nitrogens with one attached hydrogen (secondary N) is 4. The molecule has 0 aromatic heterocycles. The van der Waals surface area contributed by atoms with Crippen molar-refractivity contribution in [3.63, 3.8) is 0 Å². The molecule has 0 saturated heterocycles. The van der Waals surface area contributed by atoms with Crippen LogP contribution in [0.4, 0.5) is 9.59 Å². The highest BCUT2D eigenvalue weighted by molar-refractivity contribution is 5.97. The Morgan fingerprint density at radius 1 is 0.828 bits per heavy atom. The number of hydrogen-bond acceptors (Lipinski definition) is 5. The molecule has 1 aliphatic carbocycles. The highest BCUT2D eigenvalue weighted by atomic mass is 16.2. The summed E-state index contributed by atoms with van der Waals surface area (Å²) in [6.07, 6.45) is 3.53. The SMILES string of the molecule is CNC(=O)NC(=O)CN(CC(=O)NC(=O)NC)C1CCC(c2ccccc2)CC1. The quantitative estimate of drug-likeness (QED) is 0.563. The molecule has 0 bridgehead atoms. The molecule has 0 heterocycles. The molecule has 29 heavy (non-hydrogen) atoms. The Labute approximate surface area is 170 Å². The van der Waals surface area contributed by atoms with E-state index in [1.165, 1.54) is 19.7 Å². The molecule has 158 valence electrons. The number of nitrogens with zero attached hydrogens (tertiary/aromatic N) is 1. The zero-order chi connectivity index (χ0) is 21.2. The number of rotatable bonds is 6. The van der Waals surface area contributed by atoms with Gasteiger partial charge in [0.2, 0.25) is 11.8 Å². The lowest BCUT2D eigenvalue weighted by Gasteiger charge is -2.36. The minimum absolute atomic E-state index is 0.0147. The molecule has 1 aromatic rings. The van der Waals surface area contributed by atoms with Gasteiger partial charge in [-0.1, -0.05) is 30.3 Å². The molecule has 0 radical (unpaired) electrons. The van der Waals surface area contributed by atoms with E-state index in [9.17, 15) is 19.2 Å². The Bertz CT molecular complexity index is 685. The van der Waals surface area contributed by atoms with Crippen molar-refractivity contribution in [1.82, 2.24) is 26.2 Å². The van der Waals surface area contributed by atoms with Gasteiger partial charge < -0.3 is 10.6 Å². The zero-order valence-corrected chi connectivity index (χ0v) is 16.9. The van der Waals surface area contributed by atoms with E-state index in [-0.39, 0.29) is 19.1 Å². The van der Waals surface area contributed by atoms with Gasteiger partial charge in [-0.2, -0.15) is 0 Å². The second-order valence-electron chi connectivity index (χ2n) is 7.08. The normalized spacial score (nSPS) is 18.6. The van der Waals surface area contributed by atoms with Crippen LogP contribution in [0.2, 0.25) is 0 Å². The Morgan fingerprint density at radius 2 is 1.31 bits per heavy atom. The minimum atomic E-state index is -0.599. The molecule has 0 unspecified atom stereocenters. The molecular formula is C20H29N5O4. The third-order valence-corrected chi connectivity index (χ3v) is 5.14. The smallest absolute Gasteiger partial charge is 0.321 e. The molecule has 1 aromatic carbocycles. The van der Waals surface area contributed by atoms with Crippen LogP contribution < -0.4 is 21.3 Å². The monoisotopic (exact) mass is 403 g/mol. The second kappa shape index (κ2) is 11.2. The van der Waals surface area contributed by atoms with E-state index in [2.05, 4.69) is 33.4 Å². The summed E-state index contributed by atoms with van der Waals surface area (Å²) in [5, 5.41) is 9.09. The predicted octanol–water partition coefficient (Wildman–Crippen LogP) is 0.926. The molecule has 2 rings (SSSR count). The number of hydrogen-bond donors (Lipinski definition) is 4. The van der Waals surface area contributed by atoms with Crippen molar-refractivity contribution in [2.45, 2.75) is 37.6 Å². The van der Waals surface area contributed by atoms with Crippen LogP contribution in [-0.2, 0) is 9.59 Å². The van der Waals surface area contributed by atoms with Crippen LogP contribution in [-0.4, -0.2) is 62.0 Å². The molecule has 9 heteroatoms. The van der Waals surface area contributed by atoms with Crippen molar-refractivity contribution >= 4 is 23.9 Å². The summed E-state index contributed by atoms with van der Waals surface area (Å²) in [4.78, 5) is 48.9. The minimum Gasteiger partial charge on any atom is -0.341 e. The summed E-state index contributed by atoms with van der Waals surface area (Å²) in [5.74, 6) is -0.543. The number of amides is 6. The van der Waals surface area contributed by atoms with Gasteiger partial charge in [-0.15, -0.1) is 0 Å². The van der Waals surface area contributed by atoms with E-state index in [0.29, 0.717) is 5.92 Å². The molecular weight excluding hydrogens is 374 g/mol. The Hall–Kier alpha value is -2.94. The molecule has 1 fully saturated rings. The molecule has 1 saturated carbocycles. The molecule has 6 amide bonds. The second-order valence-corrected chi connectivity index (χ2v) is 7.08. The van der Waals surface area contributed by atoms with Gasteiger partial charge in [-0.05, 0) is 37.2 Å². The summed E-state index contributed by atoms with van der Waals surface area (Å²) in [6.45, 7) is -0.204. The fraction of sp³-hybridized carbons (Fsp3) is 0.500. The number of carbonyl (C=O) groups is 4. The largest absolute Gasteiger partial charge is 0.341 e. The van der Waals surface area contributed by atoms with Crippen LogP contribution in [0.1, 0.15) is 37.2 Å². The lowest BCUT2D eigenvalue weighted by molar-refractivity contribution is -0.125. The van der Waals surface area contributed by atoms with Crippen molar-refractivity contribution < 1.29 is 19.2 Å². The van der Waals surface area contributed by atoms with Crippen LogP contribution >= 0.6 is 0 Å². The number of carbonyl (C=O) groups excluding carboxylic acids is 4. The summed E-state index contributed by atoms with van der Waals surface area (Å²) in [6, 6.07) is 9.11.